The molecule has 0 radical (unpaired) electrons. The number of likely N-dealkylation sites (tertiary alicyclic amines) is 1. The van der Waals surface area contributed by atoms with Crippen molar-refractivity contribution in [2.75, 3.05) is 52.3 Å². The van der Waals surface area contributed by atoms with Gasteiger partial charge in [0.2, 0.25) is 0 Å². The average molecular weight is 482 g/mol. The highest BCUT2D eigenvalue weighted by Gasteiger charge is 2.34. The molecule has 0 aliphatic carbocycles. The van der Waals surface area contributed by atoms with Crippen molar-refractivity contribution in [2.24, 2.45) is 5.92 Å². The SMILES string of the molecule is COCCCN1CCC2CCNCC21.COc1ccc2c(Nc3ccc(C)cc3F)ncnc2c1. The minimum Gasteiger partial charge on any atom is -0.497 e. The van der Waals surface area contributed by atoms with Gasteiger partial charge in [-0.15, -0.1) is 0 Å². The van der Waals surface area contributed by atoms with Crippen LogP contribution in [0.1, 0.15) is 24.8 Å². The number of methoxy groups -OCH3 is 2. The van der Waals surface area contributed by atoms with E-state index in [1.54, 1.807) is 20.3 Å². The fourth-order valence-corrected chi connectivity index (χ4v) is 4.96. The first kappa shape index (κ1) is 25.3. The average Bonchev–Trinajstić information content (AvgIpc) is 3.29. The number of nitrogens with one attached hydrogen (secondary N) is 2. The molecule has 2 saturated heterocycles. The highest BCUT2D eigenvalue weighted by atomic mass is 19.1. The second-order valence-corrected chi connectivity index (χ2v) is 9.20. The van der Waals surface area contributed by atoms with E-state index < -0.39 is 0 Å². The van der Waals surface area contributed by atoms with Crippen molar-refractivity contribution in [3.8, 4) is 5.75 Å². The third-order valence-electron chi connectivity index (χ3n) is 6.86. The smallest absolute Gasteiger partial charge is 0.146 e. The van der Waals surface area contributed by atoms with Gasteiger partial charge in [0.1, 0.15) is 23.7 Å². The van der Waals surface area contributed by atoms with Crippen molar-refractivity contribution in [1.82, 2.24) is 20.2 Å². The predicted molar refractivity (Wildman–Crippen MR) is 138 cm³/mol. The lowest BCUT2D eigenvalue weighted by molar-refractivity contribution is 0.152. The molecule has 0 spiro atoms. The zero-order valence-corrected chi connectivity index (χ0v) is 20.9. The number of anilines is 2. The third kappa shape index (κ3) is 6.45. The number of nitrogens with zero attached hydrogens (tertiary/aromatic N) is 3. The lowest BCUT2D eigenvalue weighted by Crippen LogP contribution is -2.46. The zero-order chi connectivity index (χ0) is 24.6. The van der Waals surface area contributed by atoms with Gasteiger partial charge in [-0.1, -0.05) is 6.07 Å². The normalized spacial score (nSPS) is 19.7. The maximum Gasteiger partial charge on any atom is 0.146 e. The van der Waals surface area contributed by atoms with E-state index in [4.69, 9.17) is 9.47 Å². The van der Waals surface area contributed by atoms with Gasteiger partial charge in [-0.05, 0) is 75.0 Å². The van der Waals surface area contributed by atoms with E-state index in [9.17, 15) is 4.39 Å². The Bertz CT molecular complexity index is 1110. The van der Waals surface area contributed by atoms with Crippen LogP contribution >= 0.6 is 0 Å². The molecule has 2 fully saturated rings. The molecule has 0 saturated carbocycles. The quantitative estimate of drug-likeness (QED) is 0.480. The minimum absolute atomic E-state index is 0.310. The Morgan fingerprint density at radius 1 is 1.14 bits per heavy atom. The van der Waals surface area contributed by atoms with Crippen molar-refractivity contribution in [3.05, 3.63) is 54.1 Å². The molecule has 3 aromatic rings. The summed E-state index contributed by atoms with van der Waals surface area (Å²) in [5.74, 6) is 1.94. The molecule has 2 unspecified atom stereocenters. The molecule has 188 valence electrons. The Hall–Kier alpha value is -2.81. The number of hydrogen-bond acceptors (Lipinski definition) is 7. The molecule has 35 heavy (non-hydrogen) atoms. The van der Waals surface area contributed by atoms with Crippen LogP contribution in [0.2, 0.25) is 0 Å². The summed E-state index contributed by atoms with van der Waals surface area (Å²) in [5, 5.41) is 7.32. The molecule has 2 aliphatic rings. The van der Waals surface area contributed by atoms with Gasteiger partial charge in [0.05, 0.1) is 18.3 Å². The Balaban J connectivity index is 0.000000179. The van der Waals surface area contributed by atoms with E-state index in [0.29, 0.717) is 17.3 Å². The van der Waals surface area contributed by atoms with E-state index >= 15 is 0 Å². The van der Waals surface area contributed by atoms with E-state index in [-0.39, 0.29) is 5.82 Å². The molecule has 5 rings (SSSR count). The predicted octanol–water partition coefficient (Wildman–Crippen LogP) is 4.54. The van der Waals surface area contributed by atoms with Crippen LogP contribution in [0.25, 0.3) is 10.9 Å². The largest absolute Gasteiger partial charge is 0.497 e. The van der Waals surface area contributed by atoms with Gasteiger partial charge < -0.3 is 20.1 Å². The number of rotatable bonds is 7. The fourth-order valence-electron chi connectivity index (χ4n) is 4.96. The Labute approximate surface area is 207 Å². The lowest BCUT2D eigenvalue weighted by atomic mass is 9.93. The number of ether oxygens (including phenoxy) is 2. The number of fused-ring (bicyclic) bond motifs is 2. The molecule has 0 amide bonds. The summed E-state index contributed by atoms with van der Waals surface area (Å²) < 4.78 is 24.2. The molecule has 3 heterocycles. The van der Waals surface area contributed by atoms with Crippen LogP contribution in [-0.2, 0) is 4.74 Å². The van der Waals surface area contributed by atoms with Crippen molar-refractivity contribution in [1.29, 1.82) is 0 Å². The van der Waals surface area contributed by atoms with E-state index in [1.807, 2.05) is 31.2 Å². The number of benzene rings is 2. The van der Waals surface area contributed by atoms with Crippen LogP contribution in [0.5, 0.6) is 5.75 Å². The van der Waals surface area contributed by atoms with Crippen LogP contribution in [-0.4, -0.2) is 67.9 Å². The second kappa shape index (κ2) is 12.2. The number of aryl methyl sites for hydroxylation is 1. The first-order chi connectivity index (χ1) is 17.1. The molecular weight excluding hydrogens is 445 g/mol. The number of piperidine rings is 1. The highest BCUT2D eigenvalue weighted by molar-refractivity contribution is 5.91. The number of hydrogen-bond donors (Lipinski definition) is 2. The van der Waals surface area contributed by atoms with Gasteiger partial charge in [0.25, 0.3) is 0 Å². The molecule has 2 atom stereocenters. The van der Waals surface area contributed by atoms with Gasteiger partial charge in [0.15, 0.2) is 0 Å². The Morgan fingerprint density at radius 3 is 2.83 bits per heavy atom. The van der Waals surface area contributed by atoms with Crippen LogP contribution in [0.4, 0.5) is 15.9 Å². The second-order valence-electron chi connectivity index (χ2n) is 9.20. The molecule has 1 aromatic heterocycles. The Kier molecular flexibility index (Phi) is 8.84. The molecular formula is C27H36FN5O2. The van der Waals surface area contributed by atoms with Crippen molar-refractivity contribution in [2.45, 2.75) is 32.2 Å². The summed E-state index contributed by atoms with van der Waals surface area (Å²) in [7, 11) is 3.39. The Morgan fingerprint density at radius 2 is 2.03 bits per heavy atom. The van der Waals surface area contributed by atoms with Gasteiger partial charge in [-0.3, -0.25) is 4.90 Å². The number of halogens is 1. The molecule has 2 N–H and O–H groups in total. The molecule has 8 heteroatoms. The fraction of sp³-hybridized carbons (Fsp3) is 0.481. The third-order valence-corrected chi connectivity index (χ3v) is 6.86. The van der Waals surface area contributed by atoms with Crippen LogP contribution in [0.15, 0.2) is 42.7 Å². The van der Waals surface area contributed by atoms with Gasteiger partial charge in [0, 0.05) is 44.3 Å². The molecule has 0 bridgehead atoms. The molecule has 2 aromatic carbocycles. The summed E-state index contributed by atoms with van der Waals surface area (Å²) >= 11 is 0. The van der Waals surface area contributed by atoms with Crippen molar-refractivity contribution in [3.63, 3.8) is 0 Å². The first-order valence-corrected chi connectivity index (χ1v) is 12.3. The number of aromatic nitrogens is 2. The minimum atomic E-state index is -0.310. The summed E-state index contributed by atoms with van der Waals surface area (Å²) in [6, 6.07) is 11.3. The van der Waals surface area contributed by atoms with Gasteiger partial charge >= 0.3 is 0 Å². The summed E-state index contributed by atoms with van der Waals surface area (Å²) in [6.45, 7) is 7.71. The van der Waals surface area contributed by atoms with Gasteiger partial charge in [-0.2, -0.15) is 0 Å². The summed E-state index contributed by atoms with van der Waals surface area (Å²) in [6.07, 6.45) is 5.42. The summed E-state index contributed by atoms with van der Waals surface area (Å²) in [4.78, 5) is 11.0. The van der Waals surface area contributed by atoms with Crippen LogP contribution < -0.4 is 15.4 Å². The van der Waals surface area contributed by atoms with E-state index in [0.717, 1.165) is 35.0 Å². The van der Waals surface area contributed by atoms with Crippen molar-refractivity contribution >= 4 is 22.4 Å². The first-order valence-electron chi connectivity index (χ1n) is 12.3. The molecule has 7 nitrogen and oxygen atoms in total. The maximum absolute atomic E-state index is 13.9. The highest BCUT2D eigenvalue weighted by Crippen LogP contribution is 2.29. The van der Waals surface area contributed by atoms with Crippen LogP contribution in [0.3, 0.4) is 0 Å². The van der Waals surface area contributed by atoms with Crippen molar-refractivity contribution < 1.29 is 13.9 Å². The zero-order valence-electron chi connectivity index (χ0n) is 20.9. The standard InChI is InChI=1S/C16H14FN3O.C11H22N2O/c1-10-3-6-14(13(17)7-10)20-16-12-5-4-11(21-2)8-15(12)18-9-19-16;1-14-8-2-6-13-7-4-10-3-5-12-9-11(10)13/h3-9H,1-2H3,(H,18,19,20);10-12H,2-9H2,1H3. The summed E-state index contributed by atoms with van der Waals surface area (Å²) in [5.41, 5.74) is 1.99. The van der Waals surface area contributed by atoms with Gasteiger partial charge in [-0.25, -0.2) is 14.4 Å². The monoisotopic (exact) mass is 481 g/mol. The van der Waals surface area contributed by atoms with Crippen LogP contribution in [0, 0.1) is 18.7 Å². The lowest BCUT2D eigenvalue weighted by Gasteiger charge is -2.32. The van der Waals surface area contributed by atoms with E-state index in [1.165, 1.54) is 57.8 Å². The van der Waals surface area contributed by atoms with E-state index in [2.05, 4.69) is 25.5 Å². The topological polar surface area (TPSA) is 71.5 Å². The molecule has 2 aliphatic heterocycles. The maximum atomic E-state index is 13.9.